The van der Waals surface area contributed by atoms with E-state index in [1.54, 1.807) is 6.20 Å². The minimum atomic E-state index is 0.336. The molecule has 1 N–H and O–H groups in total. The lowest BCUT2D eigenvalue weighted by atomic mass is 10.1. The van der Waals surface area contributed by atoms with Crippen molar-refractivity contribution in [2.75, 3.05) is 12.4 Å². The van der Waals surface area contributed by atoms with Gasteiger partial charge < -0.3 is 5.32 Å². The van der Waals surface area contributed by atoms with Gasteiger partial charge in [0.2, 0.25) is 0 Å². The van der Waals surface area contributed by atoms with Gasteiger partial charge in [-0.1, -0.05) is 13.8 Å². The minimum Gasteiger partial charge on any atom is -0.372 e. The van der Waals surface area contributed by atoms with E-state index >= 15 is 0 Å². The molecular formula is C13H14BrIN4. The zero-order valence-corrected chi connectivity index (χ0v) is 14.7. The number of hydrogen-bond donors (Lipinski definition) is 1. The van der Waals surface area contributed by atoms with E-state index in [1.165, 1.54) is 0 Å². The third-order valence-corrected chi connectivity index (χ3v) is 4.33. The highest BCUT2D eigenvalue weighted by Crippen LogP contribution is 2.29. The first-order chi connectivity index (χ1) is 9.04. The maximum atomic E-state index is 4.66. The number of hydrogen-bond acceptors (Lipinski definition) is 4. The molecule has 0 fully saturated rings. The predicted molar refractivity (Wildman–Crippen MR) is 89.3 cm³/mol. The Morgan fingerprint density at radius 2 is 2.05 bits per heavy atom. The average Bonchev–Trinajstić information content (AvgIpc) is 2.39. The summed E-state index contributed by atoms with van der Waals surface area (Å²) in [5, 5.41) is 3.12. The Morgan fingerprint density at radius 3 is 2.63 bits per heavy atom. The van der Waals surface area contributed by atoms with E-state index in [0.29, 0.717) is 11.7 Å². The molecule has 0 saturated carbocycles. The van der Waals surface area contributed by atoms with Crippen LogP contribution in [-0.2, 0) is 0 Å². The van der Waals surface area contributed by atoms with Gasteiger partial charge in [0.15, 0.2) is 5.82 Å². The molecule has 0 aromatic carbocycles. The van der Waals surface area contributed by atoms with Gasteiger partial charge in [0.25, 0.3) is 0 Å². The molecule has 6 heteroatoms. The average molecular weight is 433 g/mol. The van der Waals surface area contributed by atoms with Crippen LogP contribution in [0.5, 0.6) is 0 Å². The van der Waals surface area contributed by atoms with E-state index in [9.17, 15) is 0 Å². The number of pyridine rings is 1. The Bertz CT molecular complexity index is 601. The second-order valence-corrected chi connectivity index (χ2v) is 6.27. The number of halogens is 2. The summed E-state index contributed by atoms with van der Waals surface area (Å²) in [5.74, 6) is 1.82. The van der Waals surface area contributed by atoms with Gasteiger partial charge in [-0.05, 0) is 56.6 Å². The van der Waals surface area contributed by atoms with Gasteiger partial charge in [-0.15, -0.1) is 0 Å². The lowest BCUT2D eigenvalue weighted by molar-refractivity contribution is 0.808. The zero-order valence-electron chi connectivity index (χ0n) is 10.9. The first kappa shape index (κ1) is 14.6. The molecule has 0 aliphatic carbocycles. The van der Waals surface area contributed by atoms with Crippen LogP contribution >= 0.6 is 38.5 Å². The fourth-order valence-corrected chi connectivity index (χ4v) is 3.23. The molecule has 0 saturated heterocycles. The third kappa shape index (κ3) is 3.05. The summed E-state index contributed by atoms with van der Waals surface area (Å²) in [6.07, 6.45) is 1.75. The molecule has 0 radical (unpaired) electrons. The van der Waals surface area contributed by atoms with Gasteiger partial charge in [-0.3, -0.25) is 4.98 Å². The zero-order chi connectivity index (χ0) is 14.0. The standard InChI is InChI=1S/C13H14BrIN4/c1-7(2)10-9(15)12(16-3)19-13(18-10)11-8(14)5-4-6-17-11/h4-7H,1-3H3,(H,16,18,19). The smallest absolute Gasteiger partial charge is 0.181 e. The molecule has 0 aliphatic heterocycles. The molecule has 2 rings (SSSR count). The Hall–Kier alpha value is -0.760. The van der Waals surface area contributed by atoms with Crippen molar-refractivity contribution in [2.24, 2.45) is 0 Å². The van der Waals surface area contributed by atoms with Crippen LogP contribution in [0.1, 0.15) is 25.5 Å². The molecule has 19 heavy (non-hydrogen) atoms. The Balaban J connectivity index is 2.65. The number of nitrogens with one attached hydrogen (secondary N) is 1. The van der Waals surface area contributed by atoms with Crippen LogP contribution in [0, 0.1) is 3.57 Å². The molecule has 100 valence electrons. The molecule has 4 nitrogen and oxygen atoms in total. The summed E-state index contributed by atoms with van der Waals surface area (Å²) < 4.78 is 1.96. The summed E-state index contributed by atoms with van der Waals surface area (Å²) in [5.41, 5.74) is 1.80. The largest absolute Gasteiger partial charge is 0.372 e. The number of rotatable bonds is 3. The van der Waals surface area contributed by atoms with E-state index in [0.717, 1.165) is 25.2 Å². The molecule has 0 atom stereocenters. The lowest BCUT2D eigenvalue weighted by Crippen LogP contribution is -2.07. The van der Waals surface area contributed by atoms with Crippen LogP contribution in [0.2, 0.25) is 0 Å². The molecule has 0 aliphatic rings. The highest BCUT2D eigenvalue weighted by atomic mass is 127. The molecule has 0 spiro atoms. The number of anilines is 1. The summed E-state index contributed by atoms with van der Waals surface area (Å²) in [6, 6.07) is 3.82. The molecule has 2 heterocycles. The number of nitrogens with zero attached hydrogens (tertiary/aromatic N) is 3. The SMILES string of the molecule is CNc1nc(-c2ncccc2Br)nc(C(C)C)c1I. The van der Waals surface area contributed by atoms with Crippen molar-refractivity contribution in [3.63, 3.8) is 0 Å². The molecule has 0 unspecified atom stereocenters. The Morgan fingerprint density at radius 1 is 1.32 bits per heavy atom. The van der Waals surface area contributed by atoms with Gasteiger partial charge in [0.1, 0.15) is 11.5 Å². The van der Waals surface area contributed by atoms with Crippen molar-refractivity contribution in [3.8, 4) is 11.5 Å². The monoisotopic (exact) mass is 432 g/mol. The van der Waals surface area contributed by atoms with Gasteiger partial charge in [-0.2, -0.15) is 0 Å². The molecule has 2 aromatic rings. The third-order valence-electron chi connectivity index (χ3n) is 2.63. The van der Waals surface area contributed by atoms with Crippen molar-refractivity contribution in [2.45, 2.75) is 19.8 Å². The maximum Gasteiger partial charge on any atom is 0.181 e. The second-order valence-electron chi connectivity index (χ2n) is 4.33. The van der Waals surface area contributed by atoms with Crippen LogP contribution in [0.3, 0.4) is 0 Å². The normalized spacial score (nSPS) is 10.8. The lowest BCUT2D eigenvalue weighted by Gasteiger charge is -2.13. The molecular weight excluding hydrogens is 419 g/mol. The maximum absolute atomic E-state index is 4.66. The van der Waals surface area contributed by atoms with Crippen molar-refractivity contribution in [3.05, 3.63) is 32.1 Å². The van der Waals surface area contributed by atoms with Crippen molar-refractivity contribution in [1.29, 1.82) is 0 Å². The van der Waals surface area contributed by atoms with Crippen LogP contribution in [0.25, 0.3) is 11.5 Å². The van der Waals surface area contributed by atoms with E-state index in [2.05, 4.69) is 72.6 Å². The van der Waals surface area contributed by atoms with Crippen LogP contribution in [0.4, 0.5) is 5.82 Å². The Labute approximate surface area is 134 Å². The van der Waals surface area contributed by atoms with E-state index < -0.39 is 0 Å². The van der Waals surface area contributed by atoms with Crippen LogP contribution < -0.4 is 5.32 Å². The van der Waals surface area contributed by atoms with Crippen molar-refractivity contribution < 1.29 is 0 Å². The second kappa shape index (κ2) is 6.13. The van der Waals surface area contributed by atoms with E-state index in [1.807, 2.05) is 19.2 Å². The summed E-state index contributed by atoms with van der Waals surface area (Å²) in [6.45, 7) is 4.25. The van der Waals surface area contributed by atoms with Crippen molar-refractivity contribution >= 4 is 44.3 Å². The molecule has 0 amide bonds. The van der Waals surface area contributed by atoms with Gasteiger partial charge in [0, 0.05) is 17.7 Å². The topological polar surface area (TPSA) is 50.7 Å². The summed E-state index contributed by atoms with van der Waals surface area (Å²) >= 11 is 5.78. The van der Waals surface area contributed by atoms with Gasteiger partial charge in [-0.25, -0.2) is 9.97 Å². The highest BCUT2D eigenvalue weighted by molar-refractivity contribution is 14.1. The first-order valence-electron chi connectivity index (χ1n) is 5.90. The summed E-state index contributed by atoms with van der Waals surface area (Å²) in [4.78, 5) is 13.6. The van der Waals surface area contributed by atoms with Crippen LogP contribution in [-0.4, -0.2) is 22.0 Å². The van der Waals surface area contributed by atoms with E-state index in [-0.39, 0.29) is 0 Å². The van der Waals surface area contributed by atoms with E-state index in [4.69, 9.17) is 0 Å². The highest BCUT2D eigenvalue weighted by Gasteiger charge is 2.16. The quantitative estimate of drug-likeness (QED) is 0.742. The fraction of sp³-hybridized carbons (Fsp3) is 0.308. The first-order valence-corrected chi connectivity index (χ1v) is 7.77. The molecule has 2 aromatic heterocycles. The van der Waals surface area contributed by atoms with Crippen LogP contribution in [0.15, 0.2) is 22.8 Å². The minimum absolute atomic E-state index is 0.336. The summed E-state index contributed by atoms with van der Waals surface area (Å²) in [7, 11) is 1.87. The van der Waals surface area contributed by atoms with Gasteiger partial charge in [0.05, 0.1) is 9.26 Å². The molecule has 0 bridgehead atoms. The van der Waals surface area contributed by atoms with Crippen molar-refractivity contribution in [1.82, 2.24) is 15.0 Å². The predicted octanol–water partition coefficient (Wildman–Crippen LogP) is 4.07. The Kier molecular flexibility index (Phi) is 4.72. The fourth-order valence-electron chi connectivity index (χ4n) is 1.67. The van der Waals surface area contributed by atoms with Gasteiger partial charge >= 0.3 is 0 Å². The number of aromatic nitrogens is 3.